The first kappa shape index (κ1) is 15.0. The Morgan fingerprint density at radius 3 is 2.55 bits per heavy atom. The fourth-order valence-corrected chi connectivity index (χ4v) is 2.61. The number of hydrogen-bond acceptors (Lipinski definition) is 6. The standard InChI is InChI=1S/C12H13Br2N5O/c1-2-6-20-12-18-10(15)17-11(19-12)16-9-7(13)4-3-5-8(9)14/h3-5H,2,6H2,1H3,(H3,15,16,17,18,19). The lowest BCUT2D eigenvalue weighted by atomic mass is 10.3. The van der Waals surface area contributed by atoms with Gasteiger partial charge >= 0.3 is 6.01 Å². The van der Waals surface area contributed by atoms with Crippen LogP contribution >= 0.6 is 31.9 Å². The van der Waals surface area contributed by atoms with Crippen LogP contribution in [0.3, 0.4) is 0 Å². The first-order chi connectivity index (χ1) is 9.60. The average molecular weight is 403 g/mol. The van der Waals surface area contributed by atoms with Crippen molar-refractivity contribution >= 4 is 49.4 Å². The number of para-hydroxylation sites is 1. The Balaban J connectivity index is 2.27. The molecule has 0 unspecified atom stereocenters. The molecular weight excluding hydrogens is 390 g/mol. The Bertz CT molecular complexity index is 588. The zero-order valence-corrected chi connectivity index (χ0v) is 13.9. The van der Waals surface area contributed by atoms with Gasteiger partial charge in [-0.15, -0.1) is 0 Å². The number of ether oxygens (including phenoxy) is 1. The number of nitrogens with zero attached hydrogens (tertiary/aromatic N) is 3. The van der Waals surface area contributed by atoms with E-state index < -0.39 is 0 Å². The summed E-state index contributed by atoms with van der Waals surface area (Å²) in [6.45, 7) is 2.53. The Labute approximate surface area is 133 Å². The van der Waals surface area contributed by atoms with E-state index in [4.69, 9.17) is 10.5 Å². The molecule has 20 heavy (non-hydrogen) atoms. The number of nitrogens with one attached hydrogen (secondary N) is 1. The SMILES string of the molecule is CCCOc1nc(N)nc(Nc2c(Br)cccc2Br)n1. The van der Waals surface area contributed by atoms with E-state index in [9.17, 15) is 0 Å². The lowest BCUT2D eigenvalue weighted by Gasteiger charge is -2.10. The second-order valence-electron chi connectivity index (χ2n) is 3.87. The van der Waals surface area contributed by atoms with Gasteiger partial charge < -0.3 is 15.8 Å². The number of nitrogens with two attached hydrogens (primary N) is 1. The van der Waals surface area contributed by atoms with E-state index in [1.54, 1.807) is 0 Å². The van der Waals surface area contributed by atoms with Crippen molar-refractivity contribution in [1.82, 2.24) is 15.0 Å². The van der Waals surface area contributed by atoms with Gasteiger partial charge in [0.15, 0.2) is 0 Å². The molecule has 1 aromatic heterocycles. The number of rotatable bonds is 5. The molecule has 0 aliphatic heterocycles. The molecule has 6 nitrogen and oxygen atoms in total. The fourth-order valence-electron chi connectivity index (χ4n) is 1.41. The van der Waals surface area contributed by atoms with Gasteiger partial charge in [-0.3, -0.25) is 0 Å². The Kier molecular flexibility index (Phi) is 5.13. The predicted molar refractivity (Wildman–Crippen MR) is 85.2 cm³/mol. The molecule has 2 rings (SSSR count). The van der Waals surface area contributed by atoms with E-state index >= 15 is 0 Å². The monoisotopic (exact) mass is 401 g/mol. The minimum Gasteiger partial charge on any atom is -0.463 e. The summed E-state index contributed by atoms with van der Waals surface area (Å²) in [4.78, 5) is 12.1. The number of anilines is 3. The summed E-state index contributed by atoms with van der Waals surface area (Å²) < 4.78 is 7.12. The third kappa shape index (κ3) is 3.80. The second kappa shape index (κ2) is 6.85. The largest absolute Gasteiger partial charge is 0.463 e. The molecule has 0 aliphatic carbocycles. The molecule has 0 aliphatic rings. The predicted octanol–water partition coefficient (Wildman–Crippen LogP) is 3.51. The van der Waals surface area contributed by atoms with Crippen molar-refractivity contribution < 1.29 is 4.74 Å². The maximum Gasteiger partial charge on any atom is 0.323 e. The van der Waals surface area contributed by atoms with Crippen LogP contribution in [-0.4, -0.2) is 21.6 Å². The highest BCUT2D eigenvalue weighted by molar-refractivity contribution is 9.11. The van der Waals surface area contributed by atoms with Crippen molar-refractivity contribution in [3.05, 3.63) is 27.1 Å². The summed E-state index contributed by atoms with van der Waals surface area (Å²) in [7, 11) is 0. The molecule has 0 radical (unpaired) electrons. The van der Waals surface area contributed by atoms with Crippen LogP contribution in [0, 0.1) is 0 Å². The molecule has 0 saturated carbocycles. The molecule has 0 saturated heterocycles. The van der Waals surface area contributed by atoms with Gasteiger partial charge in [-0.2, -0.15) is 15.0 Å². The van der Waals surface area contributed by atoms with Crippen LogP contribution in [0.2, 0.25) is 0 Å². The summed E-state index contributed by atoms with van der Waals surface area (Å²) in [6.07, 6.45) is 0.865. The minimum absolute atomic E-state index is 0.108. The maximum absolute atomic E-state index is 5.66. The zero-order valence-electron chi connectivity index (χ0n) is 10.7. The third-order valence-corrected chi connectivity index (χ3v) is 3.59. The quantitative estimate of drug-likeness (QED) is 0.795. The summed E-state index contributed by atoms with van der Waals surface area (Å²) >= 11 is 6.91. The van der Waals surface area contributed by atoms with E-state index in [0.29, 0.717) is 12.6 Å². The van der Waals surface area contributed by atoms with Crippen LogP contribution in [0.1, 0.15) is 13.3 Å². The number of hydrogen-bond donors (Lipinski definition) is 2. The summed E-state index contributed by atoms with van der Waals surface area (Å²) in [6, 6.07) is 5.94. The van der Waals surface area contributed by atoms with E-state index in [-0.39, 0.29) is 12.0 Å². The third-order valence-electron chi connectivity index (χ3n) is 2.27. The van der Waals surface area contributed by atoms with Gasteiger partial charge in [-0.1, -0.05) is 13.0 Å². The van der Waals surface area contributed by atoms with Crippen LogP contribution < -0.4 is 15.8 Å². The maximum atomic E-state index is 5.66. The smallest absolute Gasteiger partial charge is 0.323 e. The van der Waals surface area contributed by atoms with Crippen molar-refractivity contribution in [3.63, 3.8) is 0 Å². The number of nitrogen functional groups attached to an aromatic ring is 1. The Morgan fingerprint density at radius 2 is 1.90 bits per heavy atom. The first-order valence-corrected chi connectivity index (χ1v) is 7.54. The van der Waals surface area contributed by atoms with Gasteiger partial charge in [0.05, 0.1) is 12.3 Å². The minimum atomic E-state index is 0.108. The van der Waals surface area contributed by atoms with E-state index in [1.165, 1.54) is 0 Å². The molecule has 2 aromatic rings. The molecular formula is C12H13Br2N5O. The van der Waals surface area contributed by atoms with Crippen molar-refractivity contribution in [2.24, 2.45) is 0 Å². The summed E-state index contributed by atoms with van der Waals surface area (Å²) in [5.41, 5.74) is 6.46. The van der Waals surface area contributed by atoms with Crippen molar-refractivity contribution in [2.75, 3.05) is 17.7 Å². The summed E-state index contributed by atoms with van der Waals surface area (Å²) in [5, 5.41) is 3.08. The van der Waals surface area contributed by atoms with E-state index in [1.807, 2.05) is 25.1 Å². The molecule has 0 spiro atoms. The number of aromatic nitrogens is 3. The molecule has 0 atom stereocenters. The van der Waals surface area contributed by atoms with Gasteiger partial charge in [0.1, 0.15) is 0 Å². The molecule has 0 fully saturated rings. The average Bonchev–Trinajstić information content (AvgIpc) is 2.40. The second-order valence-corrected chi connectivity index (χ2v) is 5.58. The number of halogens is 2. The van der Waals surface area contributed by atoms with E-state index in [0.717, 1.165) is 21.1 Å². The highest BCUT2D eigenvalue weighted by Crippen LogP contribution is 2.32. The lowest BCUT2D eigenvalue weighted by Crippen LogP contribution is -2.07. The molecule has 3 N–H and O–H groups in total. The molecule has 0 bridgehead atoms. The zero-order chi connectivity index (χ0) is 14.5. The van der Waals surface area contributed by atoms with Gasteiger partial charge in [0, 0.05) is 8.95 Å². The van der Waals surface area contributed by atoms with Crippen LogP contribution in [0.25, 0.3) is 0 Å². The normalized spacial score (nSPS) is 10.3. The van der Waals surface area contributed by atoms with Gasteiger partial charge in [0.2, 0.25) is 11.9 Å². The van der Waals surface area contributed by atoms with E-state index in [2.05, 4.69) is 52.1 Å². The van der Waals surface area contributed by atoms with Crippen LogP contribution in [0.15, 0.2) is 27.1 Å². The lowest BCUT2D eigenvalue weighted by molar-refractivity contribution is 0.292. The Morgan fingerprint density at radius 1 is 1.20 bits per heavy atom. The molecule has 1 heterocycles. The first-order valence-electron chi connectivity index (χ1n) is 5.95. The van der Waals surface area contributed by atoms with Gasteiger partial charge in [0.25, 0.3) is 0 Å². The molecule has 106 valence electrons. The van der Waals surface area contributed by atoms with Crippen molar-refractivity contribution in [1.29, 1.82) is 0 Å². The van der Waals surface area contributed by atoms with Crippen LogP contribution in [-0.2, 0) is 0 Å². The van der Waals surface area contributed by atoms with Gasteiger partial charge in [-0.05, 0) is 50.4 Å². The fraction of sp³-hybridized carbons (Fsp3) is 0.250. The van der Waals surface area contributed by atoms with Crippen LogP contribution in [0.5, 0.6) is 6.01 Å². The molecule has 8 heteroatoms. The summed E-state index contributed by atoms with van der Waals surface area (Å²) in [5.74, 6) is 0.438. The number of benzene rings is 1. The Hall–Kier alpha value is -1.41. The van der Waals surface area contributed by atoms with Crippen molar-refractivity contribution in [3.8, 4) is 6.01 Å². The highest BCUT2D eigenvalue weighted by Gasteiger charge is 2.09. The van der Waals surface area contributed by atoms with Crippen LogP contribution in [0.4, 0.5) is 17.6 Å². The van der Waals surface area contributed by atoms with Gasteiger partial charge in [-0.25, -0.2) is 0 Å². The van der Waals surface area contributed by atoms with Crippen molar-refractivity contribution in [2.45, 2.75) is 13.3 Å². The molecule has 1 aromatic carbocycles. The highest BCUT2D eigenvalue weighted by atomic mass is 79.9. The molecule has 0 amide bonds. The topological polar surface area (TPSA) is 86.0 Å².